The third kappa shape index (κ3) is 2.20. The highest BCUT2D eigenvalue weighted by Gasteiger charge is 2.19. The molecule has 0 aromatic heterocycles. The molecule has 1 rings (SSSR count). The summed E-state index contributed by atoms with van der Waals surface area (Å²) in [5.74, 6) is -1.13. The molecular formula is C9H7Cl2FO. The van der Waals surface area contributed by atoms with Crippen molar-refractivity contribution in [2.45, 2.75) is 12.3 Å². The van der Waals surface area contributed by atoms with E-state index in [1.807, 2.05) is 0 Å². The summed E-state index contributed by atoms with van der Waals surface area (Å²) in [6.07, 6.45) is 0. The molecule has 0 N–H and O–H groups in total. The van der Waals surface area contributed by atoms with E-state index in [2.05, 4.69) is 0 Å². The number of Topliss-reactive ketones (excluding diaryl/α,β-unsaturated/α-hetero) is 1. The Morgan fingerprint density at radius 1 is 1.54 bits per heavy atom. The van der Waals surface area contributed by atoms with E-state index in [1.165, 1.54) is 25.1 Å². The van der Waals surface area contributed by atoms with Gasteiger partial charge in [0.05, 0.1) is 16.0 Å². The maximum absolute atomic E-state index is 13.1. The van der Waals surface area contributed by atoms with Crippen LogP contribution in [0.4, 0.5) is 4.39 Å². The zero-order chi connectivity index (χ0) is 10.0. The molecule has 1 atom stereocenters. The molecule has 70 valence electrons. The summed E-state index contributed by atoms with van der Waals surface area (Å²) in [7, 11) is 0. The van der Waals surface area contributed by atoms with Crippen molar-refractivity contribution in [1.82, 2.24) is 0 Å². The van der Waals surface area contributed by atoms with Crippen LogP contribution in [0.2, 0.25) is 5.02 Å². The summed E-state index contributed by atoms with van der Waals surface area (Å²) in [5, 5.41) is -0.674. The fraction of sp³-hybridized carbons (Fsp3) is 0.222. The third-order valence-corrected chi connectivity index (χ3v) is 2.08. The number of alkyl halides is 1. The summed E-state index contributed by atoms with van der Waals surface area (Å²) in [4.78, 5) is 11.3. The van der Waals surface area contributed by atoms with Gasteiger partial charge >= 0.3 is 0 Å². The van der Waals surface area contributed by atoms with E-state index in [4.69, 9.17) is 23.2 Å². The Bertz CT molecular complexity index is 316. The van der Waals surface area contributed by atoms with Crippen LogP contribution in [0, 0.1) is 5.82 Å². The first-order chi connectivity index (χ1) is 6.04. The zero-order valence-electron chi connectivity index (χ0n) is 6.85. The van der Waals surface area contributed by atoms with Crippen molar-refractivity contribution in [3.05, 3.63) is 34.6 Å². The molecule has 0 saturated heterocycles. The maximum Gasteiger partial charge on any atom is 0.184 e. The normalized spacial score (nSPS) is 12.6. The summed E-state index contributed by atoms with van der Waals surface area (Å²) < 4.78 is 13.1. The van der Waals surface area contributed by atoms with Crippen LogP contribution in [0.25, 0.3) is 0 Å². The van der Waals surface area contributed by atoms with Gasteiger partial charge < -0.3 is 0 Å². The first-order valence-electron chi connectivity index (χ1n) is 3.66. The lowest BCUT2D eigenvalue weighted by molar-refractivity contribution is 0.0988. The molecule has 1 unspecified atom stereocenters. The largest absolute Gasteiger partial charge is 0.292 e. The van der Waals surface area contributed by atoms with Crippen LogP contribution >= 0.6 is 23.2 Å². The van der Waals surface area contributed by atoms with Crippen molar-refractivity contribution < 1.29 is 9.18 Å². The van der Waals surface area contributed by atoms with Gasteiger partial charge in [-0.2, -0.15) is 0 Å². The topological polar surface area (TPSA) is 17.1 Å². The molecule has 0 aliphatic carbocycles. The molecular weight excluding hydrogens is 214 g/mol. The lowest BCUT2D eigenvalue weighted by atomic mass is 10.1. The Morgan fingerprint density at radius 2 is 2.15 bits per heavy atom. The fourth-order valence-corrected chi connectivity index (χ4v) is 1.30. The average molecular weight is 221 g/mol. The van der Waals surface area contributed by atoms with E-state index in [0.717, 1.165) is 0 Å². The highest BCUT2D eigenvalue weighted by molar-refractivity contribution is 6.38. The Labute approximate surface area is 85.5 Å². The predicted molar refractivity (Wildman–Crippen MR) is 51.1 cm³/mol. The van der Waals surface area contributed by atoms with Gasteiger partial charge in [-0.3, -0.25) is 4.79 Å². The zero-order valence-corrected chi connectivity index (χ0v) is 8.36. The van der Waals surface area contributed by atoms with Crippen LogP contribution in [0.3, 0.4) is 0 Å². The van der Waals surface area contributed by atoms with Gasteiger partial charge in [-0.15, -0.1) is 11.6 Å². The van der Waals surface area contributed by atoms with Gasteiger partial charge in [0.1, 0.15) is 5.82 Å². The summed E-state index contributed by atoms with van der Waals surface area (Å²) in [5.41, 5.74) is -0.133. The van der Waals surface area contributed by atoms with Crippen LogP contribution in [0.1, 0.15) is 17.3 Å². The predicted octanol–water partition coefficient (Wildman–Crippen LogP) is 3.29. The number of ketones is 1. The molecule has 0 saturated carbocycles. The van der Waals surface area contributed by atoms with E-state index in [9.17, 15) is 9.18 Å². The molecule has 0 aliphatic heterocycles. The Kier molecular flexibility index (Phi) is 3.28. The molecule has 0 fully saturated rings. The molecule has 0 amide bonds. The minimum absolute atomic E-state index is 0.0949. The molecule has 0 spiro atoms. The van der Waals surface area contributed by atoms with E-state index in [1.54, 1.807) is 0 Å². The second-order valence-corrected chi connectivity index (χ2v) is 3.64. The number of carbonyl (C=O) groups excluding carboxylic acids is 1. The Hall–Kier alpha value is -0.600. The average Bonchev–Trinajstić information content (AvgIpc) is 2.03. The van der Waals surface area contributed by atoms with E-state index < -0.39 is 17.0 Å². The van der Waals surface area contributed by atoms with E-state index in [0.29, 0.717) is 0 Å². The molecule has 1 aromatic carbocycles. The van der Waals surface area contributed by atoms with Gasteiger partial charge in [0, 0.05) is 0 Å². The number of hydrogen-bond donors (Lipinski definition) is 0. The molecule has 0 aliphatic rings. The molecule has 1 aromatic rings. The van der Waals surface area contributed by atoms with E-state index in [-0.39, 0.29) is 10.6 Å². The van der Waals surface area contributed by atoms with Crippen LogP contribution < -0.4 is 0 Å². The van der Waals surface area contributed by atoms with Gasteiger partial charge in [0.25, 0.3) is 0 Å². The molecule has 1 nitrogen and oxygen atoms in total. The lowest BCUT2D eigenvalue weighted by Gasteiger charge is -2.05. The SMILES string of the molecule is CC(Cl)C(=O)c1c(F)cccc1Cl. The van der Waals surface area contributed by atoms with Crippen molar-refractivity contribution >= 4 is 29.0 Å². The monoisotopic (exact) mass is 220 g/mol. The van der Waals surface area contributed by atoms with Crippen molar-refractivity contribution in [3.63, 3.8) is 0 Å². The van der Waals surface area contributed by atoms with Crippen molar-refractivity contribution in [2.75, 3.05) is 0 Å². The number of halogens is 3. The molecule has 13 heavy (non-hydrogen) atoms. The second kappa shape index (κ2) is 4.07. The number of carbonyl (C=O) groups is 1. The summed E-state index contributed by atoms with van der Waals surface area (Å²) >= 11 is 11.2. The first kappa shape index (κ1) is 10.5. The highest BCUT2D eigenvalue weighted by atomic mass is 35.5. The van der Waals surface area contributed by atoms with Crippen molar-refractivity contribution in [3.8, 4) is 0 Å². The molecule has 0 radical (unpaired) electrons. The van der Waals surface area contributed by atoms with Gasteiger partial charge in [-0.1, -0.05) is 17.7 Å². The minimum Gasteiger partial charge on any atom is -0.292 e. The minimum atomic E-state index is -0.769. The highest BCUT2D eigenvalue weighted by Crippen LogP contribution is 2.21. The van der Waals surface area contributed by atoms with E-state index >= 15 is 0 Å². The maximum atomic E-state index is 13.1. The standard InChI is InChI=1S/C9H7Cl2FO/c1-5(10)9(13)8-6(11)3-2-4-7(8)12/h2-5H,1H3. The third-order valence-electron chi connectivity index (χ3n) is 1.57. The lowest BCUT2D eigenvalue weighted by Crippen LogP contribution is -2.13. The van der Waals surface area contributed by atoms with Crippen LogP contribution in [-0.4, -0.2) is 11.2 Å². The van der Waals surface area contributed by atoms with Gasteiger partial charge in [-0.25, -0.2) is 4.39 Å². The van der Waals surface area contributed by atoms with Crippen LogP contribution in [0.15, 0.2) is 18.2 Å². The number of benzene rings is 1. The van der Waals surface area contributed by atoms with Crippen LogP contribution in [0.5, 0.6) is 0 Å². The van der Waals surface area contributed by atoms with Crippen molar-refractivity contribution in [2.24, 2.45) is 0 Å². The smallest absolute Gasteiger partial charge is 0.184 e. The van der Waals surface area contributed by atoms with Gasteiger partial charge in [0.2, 0.25) is 0 Å². The number of hydrogen-bond acceptors (Lipinski definition) is 1. The quantitative estimate of drug-likeness (QED) is 0.553. The summed E-state index contributed by atoms with van der Waals surface area (Å²) in [6, 6.07) is 4.07. The Morgan fingerprint density at radius 3 is 2.62 bits per heavy atom. The fourth-order valence-electron chi connectivity index (χ4n) is 0.932. The summed E-state index contributed by atoms with van der Waals surface area (Å²) in [6.45, 7) is 1.48. The molecule has 0 heterocycles. The van der Waals surface area contributed by atoms with Crippen LogP contribution in [-0.2, 0) is 0 Å². The Balaban J connectivity index is 3.20. The van der Waals surface area contributed by atoms with Gasteiger partial charge in [-0.05, 0) is 19.1 Å². The number of rotatable bonds is 2. The molecule has 0 bridgehead atoms. The second-order valence-electron chi connectivity index (χ2n) is 2.58. The first-order valence-corrected chi connectivity index (χ1v) is 4.47. The van der Waals surface area contributed by atoms with Gasteiger partial charge in [0.15, 0.2) is 5.78 Å². The molecule has 4 heteroatoms. The van der Waals surface area contributed by atoms with Crippen molar-refractivity contribution in [1.29, 1.82) is 0 Å².